The number of fused-ring (bicyclic) bond motifs is 1. The number of imidazole rings is 2. The van der Waals surface area contributed by atoms with Gasteiger partial charge in [0.05, 0.1) is 36.7 Å². The van der Waals surface area contributed by atoms with Gasteiger partial charge in [-0.3, -0.25) is 4.79 Å². The maximum atomic E-state index is 13.3. The Morgan fingerprint density at radius 3 is 2.73 bits per heavy atom. The van der Waals surface area contributed by atoms with Crippen LogP contribution in [0.1, 0.15) is 25.1 Å². The molecule has 5 rings (SSSR count). The van der Waals surface area contributed by atoms with Crippen LogP contribution in [-0.4, -0.2) is 37.5 Å². The summed E-state index contributed by atoms with van der Waals surface area (Å²) < 4.78 is 34.0. The zero-order chi connectivity index (χ0) is 23.1. The fraction of sp³-hybridized carbons (Fsp3) is 0.273. The van der Waals surface area contributed by atoms with Crippen molar-refractivity contribution in [1.82, 2.24) is 24.5 Å². The number of H-pyrrole nitrogens is 1. The number of amides is 1. The average molecular weight is 453 g/mol. The van der Waals surface area contributed by atoms with Crippen LogP contribution in [0.15, 0.2) is 36.8 Å². The summed E-state index contributed by atoms with van der Waals surface area (Å²) >= 11 is 0. The number of alkyl halides is 2. The molecule has 1 aliphatic carbocycles. The first-order valence-corrected chi connectivity index (χ1v) is 10.3. The quantitative estimate of drug-likeness (QED) is 0.383. The first-order valence-electron chi connectivity index (χ1n) is 10.3. The largest absolute Gasteiger partial charge is 0.495 e. The topological polar surface area (TPSA) is 110 Å². The Morgan fingerprint density at radius 2 is 2.06 bits per heavy atom. The summed E-state index contributed by atoms with van der Waals surface area (Å²) in [4.78, 5) is 27.2. The van der Waals surface area contributed by atoms with Gasteiger partial charge in [0, 0.05) is 24.6 Å². The highest BCUT2D eigenvalue weighted by atomic mass is 19.3. The third kappa shape index (κ3) is 4.09. The number of carbonyl (C=O) groups is 1. The van der Waals surface area contributed by atoms with Gasteiger partial charge in [-0.05, 0) is 25.0 Å². The number of methoxy groups -OCH3 is 1. The highest BCUT2D eigenvalue weighted by Gasteiger charge is 2.30. The average Bonchev–Trinajstić information content (AvgIpc) is 3.42. The highest BCUT2D eigenvalue weighted by Crippen LogP contribution is 2.36. The molecule has 3 N–H and O–H groups in total. The van der Waals surface area contributed by atoms with Crippen LogP contribution < -0.4 is 15.4 Å². The summed E-state index contributed by atoms with van der Waals surface area (Å²) in [5.74, 6) is 0.116. The zero-order valence-electron chi connectivity index (χ0n) is 17.9. The Hall–Kier alpha value is -4.02. The lowest BCUT2D eigenvalue weighted by Crippen LogP contribution is -2.14. The van der Waals surface area contributed by atoms with E-state index in [2.05, 4.69) is 30.6 Å². The number of pyridine rings is 1. The fourth-order valence-corrected chi connectivity index (χ4v) is 3.58. The van der Waals surface area contributed by atoms with Crippen molar-refractivity contribution in [2.24, 2.45) is 13.0 Å². The molecule has 3 heterocycles. The van der Waals surface area contributed by atoms with Gasteiger partial charge in [-0.2, -0.15) is 0 Å². The van der Waals surface area contributed by atoms with Gasteiger partial charge >= 0.3 is 0 Å². The zero-order valence-corrected chi connectivity index (χ0v) is 17.9. The molecule has 1 amide bonds. The molecule has 11 heteroatoms. The first kappa shape index (κ1) is 20.9. The van der Waals surface area contributed by atoms with Crippen LogP contribution in [0.25, 0.3) is 22.4 Å². The molecule has 0 unspecified atom stereocenters. The second-order valence-electron chi connectivity index (χ2n) is 7.87. The van der Waals surface area contributed by atoms with E-state index in [0.717, 1.165) is 24.1 Å². The number of hydrogen-bond acceptors (Lipinski definition) is 6. The normalized spacial score (nSPS) is 13.5. The molecule has 0 atom stereocenters. The second kappa shape index (κ2) is 8.15. The Balaban J connectivity index is 1.54. The maximum Gasteiger partial charge on any atom is 0.295 e. The van der Waals surface area contributed by atoms with Crippen LogP contribution in [0.3, 0.4) is 0 Å². The molecule has 1 saturated carbocycles. The van der Waals surface area contributed by atoms with E-state index in [1.165, 1.54) is 0 Å². The fourth-order valence-electron chi connectivity index (χ4n) is 3.58. The van der Waals surface area contributed by atoms with Crippen molar-refractivity contribution in [2.75, 3.05) is 17.7 Å². The number of aromatic amines is 1. The molecular weight excluding hydrogens is 432 g/mol. The van der Waals surface area contributed by atoms with Gasteiger partial charge in [-0.25, -0.2) is 23.7 Å². The number of anilines is 3. The molecule has 0 bridgehead atoms. The number of rotatable bonds is 7. The Morgan fingerprint density at radius 1 is 1.24 bits per heavy atom. The van der Waals surface area contributed by atoms with Gasteiger partial charge in [0.1, 0.15) is 17.1 Å². The maximum absolute atomic E-state index is 13.3. The number of aromatic nitrogens is 5. The van der Waals surface area contributed by atoms with Crippen LogP contribution in [0.5, 0.6) is 5.75 Å². The highest BCUT2D eigenvalue weighted by molar-refractivity contribution is 5.97. The molecule has 1 aliphatic rings. The second-order valence-corrected chi connectivity index (χ2v) is 7.87. The predicted molar refractivity (Wildman–Crippen MR) is 119 cm³/mol. The van der Waals surface area contributed by atoms with Gasteiger partial charge in [0.15, 0.2) is 11.5 Å². The van der Waals surface area contributed by atoms with E-state index >= 15 is 0 Å². The summed E-state index contributed by atoms with van der Waals surface area (Å²) in [6, 6.07) is 7.14. The van der Waals surface area contributed by atoms with E-state index < -0.39 is 12.2 Å². The summed E-state index contributed by atoms with van der Waals surface area (Å²) in [7, 11) is 3.44. The minimum Gasteiger partial charge on any atom is -0.495 e. The number of hydrogen-bond donors (Lipinski definition) is 3. The van der Waals surface area contributed by atoms with E-state index in [9.17, 15) is 13.6 Å². The Labute approximate surface area is 187 Å². The van der Waals surface area contributed by atoms with Crippen LogP contribution in [0.2, 0.25) is 0 Å². The molecule has 0 aliphatic heterocycles. The minimum atomic E-state index is -2.79. The SMILES string of the molecule is COc1cc(-c2cncn2C)ccc1Nc1cc(NC(=O)C2CC2)nc2[nH]c(C(F)F)nc12. The number of carbonyl (C=O) groups excluding carboxylic acids is 1. The van der Waals surface area contributed by atoms with Gasteiger partial charge in [0.2, 0.25) is 5.91 Å². The molecule has 0 spiro atoms. The summed E-state index contributed by atoms with van der Waals surface area (Å²) in [6.45, 7) is 0. The van der Waals surface area contributed by atoms with Crippen LogP contribution in [-0.2, 0) is 11.8 Å². The van der Waals surface area contributed by atoms with Gasteiger partial charge in [-0.1, -0.05) is 6.07 Å². The van der Waals surface area contributed by atoms with Crippen molar-refractivity contribution in [2.45, 2.75) is 19.3 Å². The first-order chi connectivity index (χ1) is 15.9. The third-order valence-electron chi connectivity index (χ3n) is 5.46. The monoisotopic (exact) mass is 453 g/mol. The van der Waals surface area contributed by atoms with Gasteiger partial charge in [0.25, 0.3) is 6.43 Å². The standard InChI is InChI=1S/C22H21F2N7O2/c1-31-10-25-9-15(31)12-5-6-13(16(7-12)33-2)26-14-8-17(28-22(32)11-3-4-11)27-20-18(14)29-21(30-20)19(23)24/h5-11,19H,3-4H2,1-2H3,(H3,26,27,28,29,30,32). The molecule has 9 nitrogen and oxygen atoms in total. The summed E-state index contributed by atoms with van der Waals surface area (Å²) in [6.07, 6.45) is 2.33. The lowest BCUT2D eigenvalue weighted by atomic mass is 10.1. The lowest BCUT2D eigenvalue weighted by Gasteiger charge is -2.14. The molecule has 1 aromatic carbocycles. The van der Waals surface area contributed by atoms with Crippen molar-refractivity contribution >= 4 is 34.3 Å². The Kier molecular flexibility index (Phi) is 5.15. The predicted octanol–water partition coefficient (Wildman–Crippen LogP) is 4.40. The van der Waals surface area contributed by atoms with E-state index in [4.69, 9.17) is 4.74 Å². The van der Waals surface area contributed by atoms with Crippen LogP contribution in [0, 0.1) is 5.92 Å². The third-order valence-corrected chi connectivity index (χ3v) is 5.46. The molecule has 0 radical (unpaired) electrons. The van der Waals surface area contributed by atoms with Crippen molar-refractivity contribution in [1.29, 1.82) is 0 Å². The van der Waals surface area contributed by atoms with Crippen molar-refractivity contribution in [3.05, 3.63) is 42.6 Å². The Bertz CT molecular complexity index is 1340. The number of ether oxygens (including phenoxy) is 1. The van der Waals surface area contributed by atoms with E-state index in [-0.39, 0.29) is 28.8 Å². The minimum absolute atomic E-state index is 0.0306. The smallest absolute Gasteiger partial charge is 0.295 e. The molecule has 1 fully saturated rings. The molecule has 0 saturated heterocycles. The number of nitrogens with zero attached hydrogens (tertiary/aromatic N) is 4. The van der Waals surface area contributed by atoms with Gasteiger partial charge in [-0.15, -0.1) is 0 Å². The van der Waals surface area contributed by atoms with Crippen LogP contribution in [0.4, 0.5) is 26.0 Å². The lowest BCUT2D eigenvalue weighted by molar-refractivity contribution is -0.117. The van der Waals surface area contributed by atoms with Crippen molar-refractivity contribution < 1.29 is 18.3 Å². The van der Waals surface area contributed by atoms with Crippen molar-refractivity contribution in [3.8, 4) is 17.0 Å². The van der Waals surface area contributed by atoms with E-state index in [0.29, 0.717) is 17.1 Å². The number of aryl methyl sites for hydroxylation is 1. The molecule has 3 aromatic heterocycles. The molecule has 33 heavy (non-hydrogen) atoms. The van der Waals surface area contributed by atoms with Crippen molar-refractivity contribution in [3.63, 3.8) is 0 Å². The number of benzene rings is 1. The molecule has 170 valence electrons. The summed E-state index contributed by atoms with van der Waals surface area (Å²) in [5.41, 5.74) is 3.18. The van der Waals surface area contributed by atoms with E-state index in [1.807, 2.05) is 29.8 Å². The number of halogens is 2. The van der Waals surface area contributed by atoms with E-state index in [1.54, 1.807) is 25.7 Å². The molecular formula is C22H21F2N7O2. The van der Waals surface area contributed by atoms with Gasteiger partial charge < -0.3 is 24.9 Å². The summed E-state index contributed by atoms with van der Waals surface area (Å²) in [5, 5.41) is 5.96. The molecule has 4 aromatic rings. The van der Waals surface area contributed by atoms with Crippen LogP contribution >= 0.6 is 0 Å². The number of nitrogens with one attached hydrogen (secondary N) is 3.